The summed E-state index contributed by atoms with van der Waals surface area (Å²) in [6.07, 6.45) is 9.12. The highest BCUT2D eigenvalue weighted by Gasteiger charge is 2.42. The standard InChI is InChI=1S/C24H38N2O3/c1-3-29-24(14-8-9-20(2)19-24)23(27)25-21-10-12-22(13-11-21)28-18-17-26-15-6-4-5-7-16-26/h10-13,20H,3-9,14-19H2,1-2H3,(H,25,27)/t20-,24+/m0/s1. The lowest BCUT2D eigenvalue weighted by molar-refractivity contribution is -0.147. The quantitative estimate of drug-likeness (QED) is 0.674. The molecular formula is C24H38N2O3. The molecular weight excluding hydrogens is 364 g/mol. The van der Waals surface area contributed by atoms with Crippen molar-refractivity contribution >= 4 is 11.6 Å². The van der Waals surface area contributed by atoms with E-state index >= 15 is 0 Å². The first-order valence-corrected chi connectivity index (χ1v) is 11.5. The fourth-order valence-corrected chi connectivity index (χ4v) is 4.71. The SMILES string of the molecule is CCO[C@]1(C(=O)Nc2ccc(OCCN3CCCCCC3)cc2)CCC[C@H](C)C1. The summed E-state index contributed by atoms with van der Waals surface area (Å²) in [5, 5.41) is 3.07. The minimum absolute atomic E-state index is 0.0132. The van der Waals surface area contributed by atoms with Gasteiger partial charge in [0, 0.05) is 18.8 Å². The lowest BCUT2D eigenvalue weighted by Gasteiger charge is -2.38. The van der Waals surface area contributed by atoms with E-state index in [1.165, 1.54) is 45.2 Å². The molecule has 1 saturated carbocycles. The Morgan fingerprint density at radius 2 is 1.86 bits per heavy atom. The van der Waals surface area contributed by atoms with Gasteiger partial charge >= 0.3 is 0 Å². The van der Waals surface area contributed by atoms with E-state index in [4.69, 9.17) is 9.47 Å². The van der Waals surface area contributed by atoms with Crippen LogP contribution in [0.15, 0.2) is 24.3 Å². The molecule has 1 N–H and O–H groups in total. The van der Waals surface area contributed by atoms with Gasteiger partial charge in [-0.05, 0) is 82.3 Å². The third kappa shape index (κ3) is 6.45. The number of hydrogen-bond acceptors (Lipinski definition) is 4. The van der Waals surface area contributed by atoms with Gasteiger partial charge in [-0.3, -0.25) is 9.69 Å². The second-order valence-electron chi connectivity index (χ2n) is 8.71. The zero-order valence-electron chi connectivity index (χ0n) is 18.3. The fraction of sp³-hybridized carbons (Fsp3) is 0.708. The van der Waals surface area contributed by atoms with Crippen molar-refractivity contribution in [1.29, 1.82) is 0 Å². The Hall–Kier alpha value is -1.59. The highest BCUT2D eigenvalue weighted by Crippen LogP contribution is 2.36. The van der Waals surface area contributed by atoms with Gasteiger partial charge in [-0.2, -0.15) is 0 Å². The van der Waals surface area contributed by atoms with Gasteiger partial charge in [-0.1, -0.05) is 26.2 Å². The van der Waals surface area contributed by atoms with E-state index in [1.807, 2.05) is 31.2 Å². The normalized spacial score (nSPS) is 25.9. The van der Waals surface area contributed by atoms with Crippen molar-refractivity contribution in [3.8, 4) is 5.75 Å². The molecule has 29 heavy (non-hydrogen) atoms. The average molecular weight is 403 g/mol. The van der Waals surface area contributed by atoms with E-state index in [0.717, 1.165) is 37.2 Å². The van der Waals surface area contributed by atoms with Crippen molar-refractivity contribution in [2.75, 3.05) is 38.2 Å². The molecule has 2 aliphatic rings. The number of carbonyl (C=O) groups is 1. The summed E-state index contributed by atoms with van der Waals surface area (Å²) in [6.45, 7) is 8.79. The summed E-state index contributed by atoms with van der Waals surface area (Å²) < 4.78 is 11.9. The predicted octanol–water partition coefficient (Wildman–Crippen LogP) is 4.87. The molecule has 1 amide bonds. The summed E-state index contributed by atoms with van der Waals surface area (Å²) in [6, 6.07) is 7.72. The zero-order valence-corrected chi connectivity index (χ0v) is 18.3. The summed E-state index contributed by atoms with van der Waals surface area (Å²) >= 11 is 0. The molecule has 1 aliphatic carbocycles. The third-order valence-corrected chi connectivity index (χ3v) is 6.28. The summed E-state index contributed by atoms with van der Waals surface area (Å²) in [5.41, 5.74) is 0.113. The molecule has 0 bridgehead atoms. The molecule has 1 saturated heterocycles. The number of amides is 1. The molecule has 5 nitrogen and oxygen atoms in total. The van der Waals surface area contributed by atoms with Crippen LogP contribution in [0.4, 0.5) is 5.69 Å². The van der Waals surface area contributed by atoms with Crippen LogP contribution < -0.4 is 10.1 Å². The van der Waals surface area contributed by atoms with E-state index in [-0.39, 0.29) is 5.91 Å². The maximum Gasteiger partial charge on any atom is 0.256 e. The predicted molar refractivity (Wildman–Crippen MR) is 117 cm³/mol. The third-order valence-electron chi connectivity index (χ3n) is 6.28. The van der Waals surface area contributed by atoms with Crippen LogP contribution in [-0.2, 0) is 9.53 Å². The lowest BCUT2D eigenvalue weighted by Crippen LogP contribution is -2.48. The second-order valence-corrected chi connectivity index (χ2v) is 8.71. The van der Waals surface area contributed by atoms with E-state index in [9.17, 15) is 4.79 Å². The molecule has 1 aliphatic heterocycles. The van der Waals surface area contributed by atoms with Gasteiger partial charge in [0.25, 0.3) is 5.91 Å². The van der Waals surface area contributed by atoms with Crippen molar-refractivity contribution in [3.05, 3.63) is 24.3 Å². The highest BCUT2D eigenvalue weighted by molar-refractivity contribution is 5.97. The number of hydrogen-bond donors (Lipinski definition) is 1. The number of anilines is 1. The monoisotopic (exact) mass is 402 g/mol. The lowest BCUT2D eigenvalue weighted by atomic mass is 9.78. The Labute approximate surface area is 176 Å². The molecule has 0 unspecified atom stereocenters. The topological polar surface area (TPSA) is 50.8 Å². The largest absolute Gasteiger partial charge is 0.492 e. The number of nitrogens with zero attached hydrogens (tertiary/aromatic N) is 1. The Morgan fingerprint density at radius 3 is 2.52 bits per heavy atom. The van der Waals surface area contributed by atoms with Crippen molar-refractivity contribution in [3.63, 3.8) is 0 Å². The number of rotatable bonds is 8. The molecule has 1 heterocycles. The Morgan fingerprint density at radius 1 is 1.14 bits per heavy atom. The number of ether oxygens (including phenoxy) is 2. The molecule has 1 aromatic rings. The van der Waals surface area contributed by atoms with E-state index in [1.54, 1.807) is 0 Å². The minimum atomic E-state index is -0.686. The molecule has 1 aromatic carbocycles. The summed E-state index contributed by atoms with van der Waals surface area (Å²) in [7, 11) is 0. The fourth-order valence-electron chi connectivity index (χ4n) is 4.71. The Balaban J connectivity index is 1.49. The van der Waals surface area contributed by atoms with Gasteiger partial charge < -0.3 is 14.8 Å². The van der Waals surface area contributed by atoms with Gasteiger partial charge in [0.2, 0.25) is 0 Å². The van der Waals surface area contributed by atoms with Crippen molar-refractivity contribution in [2.24, 2.45) is 5.92 Å². The average Bonchev–Trinajstić information content (AvgIpc) is 2.98. The first-order chi connectivity index (χ1) is 14.1. The Kier molecular flexibility index (Phi) is 8.37. The summed E-state index contributed by atoms with van der Waals surface area (Å²) in [4.78, 5) is 15.5. The number of carbonyl (C=O) groups excluding carboxylic acids is 1. The molecule has 2 fully saturated rings. The van der Waals surface area contributed by atoms with E-state index in [0.29, 0.717) is 19.1 Å². The first-order valence-electron chi connectivity index (χ1n) is 11.5. The van der Waals surface area contributed by atoms with Gasteiger partial charge in [0.15, 0.2) is 0 Å². The maximum atomic E-state index is 13.0. The smallest absolute Gasteiger partial charge is 0.256 e. The highest BCUT2D eigenvalue weighted by atomic mass is 16.5. The van der Waals surface area contributed by atoms with Gasteiger partial charge in [0.1, 0.15) is 18.0 Å². The van der Waals surface area contributed by atoms with Crippen molar-refractivity contribution < 1.29 is 14.3 Å². The first kappa shape index (κ1) is 22.1. The minimum Gasteiger partial charge on any atom is -0.492 e. The maximum absolute atomic E-state index is 13.0. The van der Waals surface area contributed by atoms with Gasteiger partial charge in [0.05, 0.1) is 0 Å². The van der Waals surface area contributed by atoms with Crippen LogP contribution in [0.3, 0.4) is 0 Å². The molecule has 162 valence electrons. The van der Waals surface area contributed by atoms with Crippen LogP contribution in [0.1, 0.15) is 65.2 Å². The van der Waals surface area contributed by atoms with Crippen LogP contribution >= 0.6 is 0 Å². The van der Waals surface area contributed by atoms with Crippen LogP contribution in [0.25, 0.3) is 0 Å². The number of benzene rings is 1. The molecule has 5 heteroatoms. The molecule has 0 aromatic heterocycles. The molecule has 0 radical (unpaired) electrons. The van der Waals surface area contributed by atoms with Crippen LogP contribution in [0.5, 0.6) is 5.75 Å². The van der Waals surface area contributed by atoms with Crippen LogP contribution in [0.2, 0.25) is 0 Å². The van der Waals surface area contributed by atoms with Crippen molar-refractivity contribution in [1.82, 2.24) is 4.90 Å². The zero-order chi connectivity index (χ0) is 20.5. The van der Waals surface area contributed by atoms with Crippen LogP contribution in [0, 0.1) is 5.92 Å². The van der Waals surface area contributed by atoms with E-state index < -0.39 is 5.60 Å². The molecule has 3 rings (SSSR count). The van der Waals surface area contributed by atoms with E-state index in [2.05, 4.69) is 17.1 Å². The molecule has 2 atom stereocenters. The number of likely N-dealkylation sites (tertiary alicyclic amines) is 1. The Bertz CT molecular complexity index is 622. The summed E-state index contributed by atoms with van der Waals surface area (Å²) in [5.74, 6) is 1.35. The van der Waals surface area contributed by atoms with Crippen LogP contribution in [-0.4, -0.2) is 49.3 Å². The molecule has 0 spiro atoms. The van der Waals surface area contributed by atoms with Gasteiger partial charge in [-0.15, -0.1) is 0 Å². The van der Waals surface area contributed by atoms with Crippen molar-refractivity contribution in [2.45, 2.75) is 70.8 Å². The number of nitrogens with one attached hydrogen (secondary N) is 1. The second kappa shape index (κ2) is 11.0. The van der Waals surface area contributed by atoms with Gasteiger partial charge in [-0.25, -0.2) is 0 Å².